The molecule has 3 fully saturated rings. The Labute approximate surface area is 195 Å². The predicted molar refractivity (Wildman–Crippen MR) is 118 cm³/mol. The molecule has 3 aliphatic rings. The van der Waals surface area contributed by atoms with E-state index in [1.54, 1.807) is 39.4 Å². The van der Waals surface area contributed by atoms with Crippen LogP contribution in [0.15, 0.2) is 46.0 Å². The Hall–Kier alpha value is -2.34. The van der Waals surface area contributed by atoms with E-state index < -0.39 is 28.1 Å². The van der Waals surface area contributed by atoms with E-state index in [0.717, 1.165) is 16.9 Å². The van der Waals surface area contributed by atoms with Gasteiger partial charge in [0.15, 0.2) is 0 Å². The fourth-order valence-corrected chi connectivity index (χ4v) is 7.13. The number of fused-ring (bicyclic) bond motifs is 2. The number of thiophene rings is 1. The Bertz CT molecular complexity index is 1140. The van der Waals surface area contributed by atoms with Crippen molar-refractivity contribution in [2.75, 3.05) is 13.1 Å². The van der Waals surface area contributed by atoms with Crippen LogP contribution in [-0.2, 0) is 31.0 Å². The number of piperazine rings is 1. The number of piperidine rings is 1. The minimum atomic E-state index is -3.65. The zero-order valence-electron chi connectivity index (χ0n) is 17.7. The van der Waals surface area contributed by atoms with E-state index in [4.69, 9.17) is 4.74 Å². The van der Waals surface area contributed by atoms with Gasteiger partial charge in [-0.2, -0.15) is 0 Å². The third-order valence-electron chi connectivity index (χ3n) is 6.48. The van der Waals surface area contributed by atoms with E-state index in [1.165, 1.54) is 12.1 Å². The molecule has 0 spiro atoms. The monoisotopic (exact) mass is 493 g/mol. The lowest BCUT2D eigenvalue weighted by Gasteiger charge is -2.46. The molecular weight excluding hydrogens is 469 g/mol. The highest BCUT2D eigenvalue weighted by Gasteiger charge is 2.52. The van der Waals surface area contributed by atoms with E-state index in [2.05, 4.69) is 4.72 Å². The maximum Gasteiger partial charge on any atom is 0.250 e. The lowest BCUT2D eigenvalue weighted by atomic mass is 9.93. The average Bonchev–Trinajstić information content (AvgIpc) is 3.48. The molecule has 8 nitrogen and oxygen atoms in total. The van der Waals surface area contributed by atoms with Crippen molar-refractivity contribution in [2.24, 2.45) is 0 Å². The van der Waals surface area contributed by atoms with Crippen molar-refractivity contribution in [3.05, 3.63) is 53.2 Å². The molecule has 0 aliphatic carbocycles. The number of hydrogen-bond donors (Lipinski definition) is 1. The maximum absolute atomic E-state index is 13.2. The van der Waals surface area contributed by atoms with Crippen molar-refractivity contribution in [2.45, 2.75) is 54.3 Å². The van der Waals surface area contributed by atoms with Crippen LogP contribution in [0.3, 0.4) is 0 Å². The summed E-state index contributed by atoms with van der Waals surface area (Å²) in [6.07, 6.45) is 0.836. The molecule has 3 saturated heterocycles. The number of sulfonamides is 1. The third kappa shape index (κ3) is 4.42. The highest BCUT2D eigenvalue weighted by Crippen LogP contribution is 2.33. The number of ether oxygens (including phenoxy) is 1. The van der Waals surface area contributed by atoms with Crippen LogP contribution in [0.4, 0.5) is 4.39 Å². The standard InChI is InChI=1S/C22H24FN3O5S2/c23-15-5-3-14(4-6-15)13-31-17-11-19-21(27)25-8-7-16(10-18(25)22(28)26(19)12-17)24-33(29,30)20-2-1-9-32-20/h1-6,9,16-19,24H,7-8,10-13H2. The number of amides is 2. The quantitative estimate of drug-likeness (QED) is 0.661. The number of hydrogen-bond acceptors (Lipinski definition) is 6. The van der Waals surface area contributed by atoms with Crippen molar-refractivity contribution in [3.8, 4) is 0 Å². The number of rotatable bonds is 6. The van der Waals surface area contributed by atoms with Gasteiger partial charge < -0.3 is 14.5 Å². The van der Waals surface area contributed by atoms with Gasteiger partial charge >= 0.3 is 0 Å². The third-order valence-corrected chi connectivity index (χ3v) is 9.40. The number of carbonyl (C=O) groups excluding carboxylic acids is 2. The SMILES string of the molecule is O=C1C2CC(OCc3ccc(F)cc3)CN2C(=O)C2CC(NS(=O)(=O)c3cccs3)CCN12. The normalized spacial score (nSPS) is 27.5. The van der Waals surface area contributed by atoms with Crippen molar-refractivity contribution in [1.82, 2.24) is 14.5 Å². The zero-order chi connectivity index (χ0) is 23.2. The van der Waals surface area contributed by atoms with Gasteiger partial charge in [0.1, 0.15) is 22.1 Å². The van der Waals surface area contributed by atoms with Gasteiger partial charge in [-0.05, 0) is 42.0 Å². The van der Waals surface area contributed by atoms with Crippen molar-refractivity contribution >= 4 is 33.2 Å². The van der Waals surface area contributed by atoms with Crippen LogP contribution in [0.1, 0.15) is 24.8 Å². The lowest BCUT2D eigenvalue weighted by molar-refractivity contribution is -0.161. The fraction of sp³-hybridized carbons (Fsp3) is 0.455. The highest BCUT2D eigenvalue weighted by molar-refractivity contribution is 7.91. The summed E-state index contributed by atoms with van der Waals surface area (Å²) in [6, 6.07) is 7.60. The predicted octanol–water partition coefficient (Wildman–Crippen LogP) is 1.72. The Morgan fingerprint density at radius 2 is 1.79 bits per heavy atom. The minimum Gasteiger partial charge on any atom is -0.372 e. The molecule has 33 heavy (non-hydrogen) atoms. The van der Waals surface area contributed by atoms with Crippen molar-refractivity contribution in [1.29, 1.82) is 0 Å². The van der Waals surface area contributed by atoms with E-state index >= 15 is 0 Å². The average molecular weight is 494 g/mol. The first kappa shape index (κ1) is 22.5. The molecule has 3 aliphatic heterocycles. The first-order valence-corrected chi connectivity index (χ1v) is 13.2. The summed E-state index contributed by atoms with van der Waals surface area (Å²) in [5.74, 6) is -0.583. The zero-order valence-corrected chi connectivity index (χ0v) is 19.4. The largest absolute Gasteiger partial charge is 0.372 e. The maximum atomic E-state index is 13.2. The molecule has 4 unspecified atom stereocenters. The Balaban J connectivity index is 1.23. The minimum absolute atomic E-state index is 0.105. The summed E-state index contributed by atoms with van der Waals surface area (Å²) in [5, 5.41) is 1.70. The summed E-state index contributed by atoms with van der Waals surface area (Å²) in [5.41, 5.74) is 0.817. The second kappa shape index (κ2) is 8.79. The van der Waals surface area contributed by atoms with Crippen LogP contribution in [0.5, 0.6) is 0 Å². The summed E-state index contributed by atoms with van der Waals surface area (Å²) < 4.78 is 47.1. The van der Waals surface area contributed by atoms with Gasteiger partial charge in [0.2, 0.25) is 21.8 Å². The van der Waals surface area contributed by atoms with Gasteiger partial charge in [-0.25, -0.2) is 17.5 Å². The summed E-state index contributed by atoms with van der Waals surface area (Å²) in [4.78, 5) is 29.5. The van der Waals surface area contributed by atoms with Crippen molar-refractivity contribution < 1.29 is 27.1 Å². The van der Waals surface area contributed by atoms with Gasteiger partial charge in [0, 0.05) is 25.6 Å². The van der Waals surface area contributed by atoms with Gasteiger partial charge in [-0.1, -0.05) is 18.2 Å². The van der Waals surface area contributed by atoms with Crippen molar-refractivity contribution in [3.63, 3.8) is 0 Å². The molecular formula is C22H24FN3O5S2. The van der Waals surface area contributed by atoms with Gasteiger partial charge in [0.25, 0.3) is 0 Å². The fourth-order valence-electron chi connectivity index (χ4n) is 4.84. The smallest absolute Gasteiger partial charge is 0.250 e. The second-order valence-electron chi connectivity index (χ2n) is 8.62. The van der Waals surface area contributed by atoms with E-state index in [9.17, 15) is 22.4 Å². The number of halogens is 1. The number of benzene rings is 1. The van der Waals surface area contributed by atoms with E-state index in [-0.39, 0.29) is 41.0 Å². The molecule has 11 heteroatoms. The number of nitrogens with zero attached hydrogens (tertiary/aromatic N) is 2. The Kier molecular flexibility index (Phi) is 5.98. The molecule has 2 amide bonds. The van der Waals surface area contributed by atoms with Crippen LogP contribution < -0.4 is 4.72 Å². The van der Waals surface area contributed by atoms with Gasteiger partial charge in [-0.15, -0.1) is 11.3 Å². The summed E-state index contributed by atoms with van der Waals surface area (Å²) in [7, 11) is -3.65. The topological polar surface area (TPSA) is 96.0 Å². The van der Waals surface area contributed by atoms with Gasteiger partial charge in [0.05, 0.1) is 12.7 Å². The molecule has 0 radical (unpaired) electrons. The summed E-state index contributed by atoms with van der Waals surface area (Å²) in [6.45, 7) is 0.915. The first-order chi connectivity index (χ1) is 15.8. The molecule has 2 aromatic rings. The van der Waals surface area contributed by atoms with Gasteiger partial charge in [-0.3, -0.25) is 9.59 Å². The molecule has 1 N–H and O–H groups in total. The van der Waals surface area contributed by atoms with Crippen LogP contribution in [0.25, 0.3) is 0 Å². The molecule has 1 aromatic carbocycles. The van der Waals surface area contributed by atoms with E-state index in [1.807, 2.05) is 0 Å². The lowest BCUT2D eigenvalue weighted by Crippen LogP contribution is -2.66. The molecule has 4 atom stereocenters. The summed E-state index contributed by atoms with van der Waals surface area (Å²) >= 11 is 1.14. The van der Waals surface area contributed by atoms with E-state index in [0.29, 0.717) is 25.9 Å². The second-order valence-corrected chi connectivity index (χ2v) is 11.5. The number of carbonyl (C=O) groups is 2. The van der Waals surface area contributed by atoms with Crippen LogP contribution >= 0.6 is 11.3 Å². The van der Waals surface area contributed by atoms with Crippen LogP contribution in [0.2, 0.25) is 0 Å². The molecule has 4 heterocycles. The molecule has 176 valence electrons. The number of nitrogens with one attached hydrogen (secondary N) is 1. The highest BCUT2D eigenvalue weighted by atomic mass is 32.2. The molecule has 5 rings (SSSR count). The molecule has 1 aromatic heterocycles. The molecule has 0 saturated carbocycles. The van der Waals surface area contributed by atoms with Crippen LogP contribution in [-0.4, -0.2) is 67.4 Å². The Morgan fingerprint density at radius 1 is 1.06 bits per heavy atom. The first-order valence-electron chi connectivity index (χ1n) is 10.8. The molecule has 0 bridgehead atoms. The van der Waals surface area contributed by atoms with Crippen LogP contribution in [0, 0.1) is 5.82 Å². The Morgan fingerprint density at radius 3 is 2.52 bits per heavy atom.